The predicted octanol–water partition coefficient (Wildman–Crippen LogP) is 3.15. The van der Waals surface area contributed by atoms with Gasteiger partial charge in [0.25, 0.3) is 0 Å². The van der Waals surface area contributed by atoms with E-state index in [1.165, 1.54) is 0 Å². The number of anilines is 1. The van der Waals surface area contributed by atoms with E-state index in [0.717, 1.165) is 11.3 Å². The summed E-state index contributed by atoms with van der Waals surface area (Å²) in [6.07, 6.45) is 0.848. The molecule has 0 bridgehead atoms. The molecule has 0 aliphatic carbocycles. The van der Waals surface area contributed by atoms with Crippen molar-refractivity contribution in [3.05, 3.63) is 66.2 Å². The minimum atomic E-state index is -0.407. The van der Waals surface area contributed by atoms with Crippen molar-refractivity contribution in [2.75, 3.05) is 18.0 Å². The van der Waals surface area contributed by atoms with Crippen molar-refractivity contribution in [1.82, 2.24) is 4.90 Å². The van der Waals surface area contributed by atoms with Crippen LogP contribution in [-0.4, -0.2) is 35.8 Å². The number of nitrogens with two attached hydrogens (primary N) is 1. The fourth-order valence-corrected chi connectivity index (χ4v) is 3.51. The van der Waals surface area contributed by atoms with Gasteiger partial charge >= 0.3 is 0 Å². The van der Waals surface area contributed by atoms with Crippen LogP contribution in [0.5, 0.6) is 0 Å². The van der Waals surface area contributed by atoms with Crippen LogP contribution in [0.4, 0.5) is 5.69 Å². The van der Waals surface area contributed by atoms with Crippen LogP contribution in [0.3, 0.4) is 0 Å². The summed E-state index contributed by atoms with van der Waals surface area (Å²) in [6, 6.07) is 18.4. The van der Waals surface area contributed by atoms with E-state index in [4.69, 9.17) is 5.73 Å². The molecule has 1 aliphatic heterocycles. The van der Waals surface area contributed by atoms with Gasteiger partial charge in [0.2, 0.25) is 11.8 Å². The lowest BCUT2D eigenvalue weighted by Gasteiger charge is -2.28. The molecular formula is C21H26ClN3O2. The number of hydrogen-bond donors (Lipinski definition) is 1. The molecule has 2 aromatic rings. The van der Waals surface area contributed by atoms with Gasteiger partial charge in [-0.3, -0.25) is 9.59 Å². The number of amides is 2. The minimum Gasteiger partial charge on any atom is -0.331 e. The molecular weight excluding hydrogens is 362 g/mol. The molecule has 0 aromatic heterocycles. The van der Waals surface area contributed by atoms with Gasteiger partial charge in [-0.1, -0.05) is 48.5 Å². The molecule has 2 atom stereocenters. The van der Waals surface area contributed by atoms with Gasteiger partial charge < -0.3 is 15.5 Å². The summed E-state index contributed by atoms with van der Waals surface area (Å²) >= 11 is 0. The van der Waals surface area contributed by atoms with Gasteiger partial charge in [0, 0.05) is 31.2 Å². The molecule has 1 heterocycles. The minimum absolute atomic E-state index is 0. The van der Waals surface area contributed by atoms with E-state index in [0.29, 0.717) is 19.5 Å². The highest BCUT2D eigenvalue weighted by Gasteiger charge is 2.38. The first-order chi connectivity index (χ1) is 12.6. The third-order valence-corrected chi connectivity index (χ3v) is 4.90. The van der Waals surface area contributed by atoms with Crippen molar-refractivity contribution >= 4 is 29.9 Å². The largest absolute Gasteiger partial charge is 0.331 e. The van der Waals surface area contributed by atoms with Crippen LogP contribution in [0.1, 0.15) is 31.4 Å². The van der Waals surface area contributed by atoms with Crippen molar-refractivity contribution in [3.63, 3.8) is 0 Å². The molecule has 1 aliphatic rings. The summed E-state index contributed by atoms with van der Waals surface area (Å²) in [5.41, 5.74) is 8.01. The van der Waals surface area contributed by atoms with Crippen molar-refractivity contribution in [1.29, 1.82) is 0 Å². The lowest BCUT2D eigenvalue weighted by Crippen LogP contribution is -2.46. The van der Waals surface area contributed by atoms with E-state index in [-0.39, 0.29) is 36.7 Å². The monoisotopic (exact) mass is 387 g/mol. The summed E-state index contributed by atoms with van der Waals surface area (Å²) in [5.74, 6) is -0.0863. The molecule has 27 heavy (non-hydrogen) atoms. The molecule has 1 fully saturated rings. The Balaban J connectivity index is 0.00000261. The van der Waals surface area contributed by atoms with Crippen LogP contribution in [-0.2, 0) is 9.59 Å². The Hall–Kier alpha value is -2.37. The molecule has 5 nitrogen and oxygen atoms in total. The number of hydrogen-bond acceptors (Lipinski definition) is 3. The first kappa shape index (κ1) is 20.9. The number of nitrogens with zero attached hydrogens (tertiary/aromatic N) is 2. The van der Waals surface area contributed by atoms with E-state index < -0.39 is 6.04 Å². The van der Waals surface area contributed by atoms with E-state index in [1.807, 2.05) is 67.6 Å². The SMILES string of the molecule is CCN(C(=O)CC(N)c1ccccc1)C1CCN(c2ccccc2)C1=O.Cl. The molecule has 0 radical (unpaired) electrons. The zero-order valence-electron chi connectivity index (χ0n) is 15.5. The number of para-hydroxylation sites is 1. The normalized spacial score (nSPS) is 17.3. The van der Waals surface area contributed by atoms with Gasteiger partial charge in [0.05, 0.1) is 0 Å². The molecule has 2 amide bonds. The highest BCUT2D eigenvalue weighted by molar-refractivity contribution is 6.01. The second-order valence-corrected chi connectivity index (χ2v) is 6.53. The summed E-state index contributed by atoms with van der Waals surface area (Å²) in [4.78, 5) is 29.1. The molecule has 0 saturated carbocycles. The fraction of sp³-hybridized carbons (Fsp3) is 0.333. The maximum absolute atomic E-state index is 12.9. The smallest absolute Gasteiger partial charge is 0.249 e. The van der Waals surface area contributed by atoms with E-state index >= 15 is 0 Å². The Bertz CT molecular complexity index is 755. The van der Waals surface area contributed by atoms with Gasteiger partial charge in [-0.25, -0.2) is 0 Å². The quantitative estimate of drug-likeness (QED) is 0.827. The van der Waals surface area contributed by atoms with Crippen LogP contribution in [0.25, 0.3) is 0 Å². The topological polar surface area (TPSA) is 66.6 Å². The highest BCUT2D eigenvalue weighted by Crippen LogP contribution is 2.25. The van der Waals surface area contributed by atoms with Crippen LogP contribution < -0.4 is 10.6 Å². The van der Waals surface area contributed by atoms with Crippen molar-refractivity contribution in [2.24, 2.45) is 5.73 Å². The average molecular weight is 388 g/mol. The number of rotatable bonds is 6. The lowest BCUT2D eigenvalue weighted by atomic mass is 10.0. The van der Waals surface area contributed by atoms with E-state index in [2.05, 4.69) is 0 Å². The van der Waals surface area contributed by atoms with Crippen LogP contribution in [0.2, 0.25) is 0 Å². The molecule has 3 rings (SSSR count). The molecule has 1 saturated heterocycles. The predicted molar refractivity (Wildman–Crippen MR) is 110 cm³/mol. The summed E-state index contributed by atoms with van der Waals surface area (Å²) < 4.78 is 0. The van der Waals surface area contributed by atoms with Gasteiger partial charge in [-0.2, -0.15) is 0 Å². The van der Waals surface area contributed by atoms with Crippen LogP contribution in [0, 0.1) is 0 Å². The highest BCUT2D eigenvalue weighted by atomic mass is 35.5. The zero-order valence-corrected chi connectivity index (χ0v) is 16.3. The summed E-state index contributed by atoms with van der Waals surface area (Å²) in [6.45, 7) is 3.03. The third-order valence-electron chi connectivity index (χ3n) is 4.90. The fourth-order valence-electron chi connectivity index (χ4n) is 3.51. The number of benzene rings is 2. The Morgan fingerprint density at radius 3 is 2.33 bits per heavy atom. The molecule has 2 N–H and O–H groups in total. The van der Waals surface area contributed by atoms with Crippen LogP contribution >= 0.6 is 12.4 Å². The maximum atomic E-state index is 12.9. The number of likely N-dealkylation sites (N-methyl/N-ethyl adjacent to an activating group) is 1. The lowest BCUT2D eigenvalue weighted by molar-refractivity contribution is -0.138. The Morgan fingerprint density at radius 1 is 1.15 bits per heavy atom. The van der Waals surface area contributed by atoms with Crippen molar-refractivity contribution < 1.29 is 9.59 Å². The molecule has 2 unspecified atom stereocenters. The summed E-state index contributed by atoms with van der Waals surface area (Å²) in [7, 11) is 0. The second kappa shape index (κ2) is 9.53. The second-order valence-electron chi connectivity index (χ2n) is 6.53. The van der Waals surface area contributed by atoms with Crippen LogP contribution in [0.15, 0.2) is 60.7 Å². The van der Waals surface area contributed by atoms with Crippen molar-refractivity contribution in [2.45, 2.75) is 31.8 Å². The average Bonchev–Trinajstić information content (AvgIpc) is 3.05. The number of carbonyl (C=O) groups excluding carboxylic acids is 2. The molecule has 6 heteroatoms. The van der Waals surface area contributed by atoms with E-state index in [9.17, 15) is 9.59 Å². The Kier molecular flexibility index (Phi) is 7.39. The maximum Gasteiger partial charge on any atom is 0.249 e. The molecule has 2 aromatic carbocycles. The van der Waals surface area contributed by atoms with E-state index in [1.54, 1.807) is 9.80 Å². The van der Waals surface area contributed by atoms with Gasteiger partial charge in [0.15, 0.2) is 0 Å². The zero-order chi connectivity index (χ0) is 18.5. The first-order valence-corrected chi connectivity index (χ1v) is 9.08. The Morgan fingerprint density at radius 2 is 1.74 bits per heavy atom. The van der Waals surface area contributed by atoms with Gasteiger partial charge in [-0.15, -0.1) is 12.4 Å². The molecule has 0 spiro atoms. The third kappa shape index (κ3) is 4.67. The number of carbonyl (C=O) groups is 2. The Labute approximate surface area is 166 Å². The van der Waals surface area contributed by atoms with Gasteiger partial charge in [0.1, 0.15) is 6.04 Å². The molecule has 144 valence electrons. The first-order valence-electron chi connectivity index (χ1n) is 9.08. The number of halogens is 1. The van der Waals surface area contributed by atoms with Crippen molar-refractivity contribution in [3.8, 4) is 0 Å². The summed E-state index contributed by atoms with van der Waals surface area (Å²) in [5, 5.41) is 0. The van der Waals surface area contributed by atoms with Gasteiger partial charge in [-0.05, 0) is 31.0 Å². The standard InChI is InChI=1S/C21H25N3O2.ClH/c1-2-23(20(25)15-18(22)16-9-5-3-6-10-16)19-13-14-24(21(19)26)17-11-7-4-8-12-17;/h3-12,18-19H,2,13-15,22H2,1H3;1H.